The van der Waals surface area contributed by atoms with Crippen LogP contribution in [0.5, 0.6) is 0 Å². The average molecular weight is 162 g/mol. The van der Waals surface area contributed by atoms with Crippen molar-refractivity contribution in [3.05, 3.63) is 0 Å². The van der Waals surface area contributed by atoms with Gasteiger partial charge in [-0.1, -0.05) is 0 Å². The van der Waals surface area contributed by atoms with Gasteiger partial charge in [-0.05, 0) is 0 Å². The molecule has 0 spiro atoms. The van der Waals surface area contributed by atoms with E-state index in [0.29, 0.717) is 0 Å². The fraction of sp³-hybridized carbons (Fsp3) is 0. The van der Waals surface area contributed by atoms with E-state index in [0.717, 1.165) is 6.47 Å². The van der Waals surface area contributed by atoms with Gasteiger partial charge in [-0.25, -0.2) is 9.36 Å². The van der Waals surface area contributed by atoms with Crippen LogP contribution in [0.3, 0.4) is 0 Å². The third kappa shape index (κ3) is 6.28. The number of hydrogen-bond acceptors (Lipinski definition) is 3. The number of halogens is 2. The molecule has 0 N–H and O–H groups in total. The molecule has 0 aromatic carbocycles. The number of rotatable bonds is 2. The zero-order valence-electron chi connectivity index (χ0n) is 2.93. The molecule has 6 heteroatoms. The Balaban J connectivity index is 3.57. The largest absolute Gasteiger partial charge is 0.430 e. The molecule has 0 aliphatic rings. The van der Waals surface area contributed by atoms with Crippen molar-refractivity contribution in [3.8, 4) is 0 Å². The molecule has 0 aromatic heterocycles. The highest BCUT2D eigenvalue weighted by molar-refractivity contribution is 8.05. The second kappa shape index (κ2) is 2.55. The third-order valence-electron chi connectivity index (χ3n) is 0.144. The molecule has 0 saturated heterocycles. The molecule has 0 atom stereocenters. The van der Waals surface area contributed by atoms with E-state index >= 15 is 0 Å². The van der Waals surface area contributed by atoms with Crippen molar-refractivity contribution in [1.82, 2.24) is 0 Å². The second-order valence-corrected chi connectivity index (χ2v) is 4.79. The van der Waals surface area contributed by atoms with Gasteiger partial charge in [-0.2, -0.15) is 0 Å². The van der Waals surface area contributed by atoms with E-state index in [9.17, 15) is 4.57 Å². The highest BCUT2D eigenvalue weighted by atomic mass is 35.9. The van der Waals surface area contributed by atoms with Crippen LogP contribution in [0.2, 0.25) is 0 Å². The van der Waals surface area contributed by atoms with E-state index in [1.807, 2.05) is 0 Å². The van der Waals surface area contributed by atoms with Gasteiger partial charge in [0.1, 0.15) is 0 Å². The Kier molecular flexibility index (Phi) is 2.66. The summed E-state index contributed by atoms with van der Waals surface area (Å²) in [6, 6.07) is 0. The van der Waals surface area contributed by atoms with E-state index in [2.05, 4.69) is 27.0 Å². The summed E-state index contributed by atoms with van der Waals surface area (Å²) in [6.45, 7) is 0.831. The summed E-state index contributed by atoms with van der Waals surface area (Å²) in [5.41, 5.74) is 0. The predicted molar refractivity (Wildman–Crippen MR) is 26.1 cm³/mol. The first-order chi connectivity index (χ1) is 3.06. The molecule has 0 rings (SSSR count). The molecule has 1 radical (unpaired) electrons. The predicted octanol–water partition coefficient (Wildman–Crippen LogP) is 1.66. The first-order valence-electron chi connectivity index (χ1n) is 1.11. The second-order valence-electron chi connectivity index (χ2n) is 0.589. The maximum Gasteiger partial charge on any atom is 0.430 e. The van der Waals surface area contributed by atoms with Crippen LogP contribution in [0.4, 0.5) is 0 Å². The van der Waals surface area contributed by atoms with Crippen molar-refractivity contribution in [2.45, 2.75) is 0 Å². The van der Waals surface area contributed by atoms with Gasteiger partial charge in [0, 0.05) is 22.5 Å². The molecular weight excluding hydrogens is 162 g/mol. The summed E-state index contributed by atoms with van der Waals surface area (Å²) in [7, 11) is 0. The van der Waals surface area contributed by atoms with Crippen molar-refractivity contribution in [3.63, 3.8) is 0 Å². The van der Waals surface area contributed by atoms with Crippen LogP contribution in [-0.2, 0) is 13.9 Å². The van der Waals surface area contributed by atoms with E-state index < -0.39 is 6.07 Å². The molecule has 7 heavy (non-hydrogen) atoms. The van der Waals surface area contributed by atoms with E-state index in [1.165, 1.54) is 0 Å². The lowest BCUT2D eigenvalue weighted by Crippen LogP contribution is -1.69. The molecule has 0 aromatic rings. The Morgan fingerprint density at radius 2 is 2.00 bits per heavy atom. The van der Waals surface area contributed by atoms with Gasteiger partial charge in [0.15, 0.2) is 0 Å². The van der Waals surface area contributed by atoms with Gasteiger partial charge in [0.2, 0.25) is 0 Å². The van der Waals surface area contributed by atoms with Crippen LogP contribution in [0.15, 0.2) is 0 Å². The normalized spacial score (nSPS) is 10.6. The minimum Gasteiger partial charge on any atom is -0.381 e. The molecule has 0 saturated carbocycles. The Labute approximate surface area is 49.6 Å². The lowest BCUT2D eigenvalue weighted by Gasteiger charge is -1.90. The molecule has 0 heterocycles. The van der Waals surface area contributed by atoms with Crippen LogP contribution in [-0.4, -0.2) is 6.47 Å². The number of hydrogen-bond donors (Lipinski definition) is 0. The minimum absolute atomic E-state index is 0.831. The van der Waals surface area contributed by atoms with Gasteiger partial charge < -0.3 is 4.52 Å². The maximum absolute atomic E-state index is 9.86. The zero-order valence-corrected chi connectivity index (χ0v) is 5.33. The lowest BCUT2D eigenvalue weighted by molar-refractivity contribution is 0.444. The smallest absolute Gasteiger partial charge is 0.381 e. The highest BCUT2D eigenvalue weighted by Gasteiger charge is 2.13. The SMILES string of the molecule is O=[C]OP(=O)(Cl)Cl. The fourth-order valence-electron chi connectivity index (χ4n) is 0.0434. The summed E-state index contributed by atoms with van der Waals surface area (Å²) >= 11 is 9.34. The van der Waals surface area contributed by atoms with Crippen LogP contribution < -0.4 is 0 Å². The Morgan fingerprint density at radius 3 is 2.00 bits per heavy atom. The molecule has 0 fully saturated rings. The van der Waals surface area contributed by atoms with Crippen LogP contribution >= 0.6 is 28.6 Å². The van der Waals surface area contributed by atoms with Gasteiger partial charge in [0.25, 0.3) is 0 Å². The molecule has 0 bridgehead atoms. The van der Waals surface area contributed by atoms with E-state index in [-0.39, 0.29) is 0 Å². The van der Waals surface area contributed by atoms with Crippen molar-refractivity contribution in [2.24, 2.45) is 0 Å². The quantitative estimate of drug-likeness (QED) is 0.579. The van der Waals surface area contributed by atoms with Gasteiger partial charge >= 0.3 is 12.5 Å². The third-order valence-corrected chi connectivity index (χ3v) is 0.845. The first-order valence-corrected chi connectivity index (χ1v) is 4.55. The van der Waals surface area contributed by atoms with Crippen molar-refractivity contribution in [2.75, 3.05) is 0 Å². The zero-order chi connectivity index (χ0) is 5.91. The highest BCUT2D eigenvalue weighted by Crippen LogP contribution is 2.56. The fourth-order valence-corrected chi connectivity index (χ4v) is 0.299. The molecule has 0 unspecified atom stereocenters. The molecule has 41 valence electrons. The van der Waals surface area contributed by atoms with Crippen molar-refractivity contribution < 1.29 is 13.9 Å². The topological polar surface area (TPSA) is 43.4 Å². The monoisotopic (exact) mass is 161 g/mol. The van der Waals surface area contributed by atoms with E-state index in [1.54, 1.807) is 0 Å². The first kappa shape index (κ1) is 7.28. The molecule has 0 aliphatic heterocycles. The molecule has 3 nitrogen and oxygen atoms in total. The molecule has 0 amide bonds. The van der Waals surface area contributed by atoms with Crippen LogP contribution in [0, 0.1) is 0 Å². The maximum atomic E-state index is 9.86. The summed E-state index contributed by atoms with van der Waals surface area (Å²) in [5, 5.41) is 0. The van der Waals surface area contributed by atoms with E-state index in [4.69, 9.17) is 4.79 Å². The lowest BCUT2D eigenvalue weighted by atomic mass is 11.7. The Bertz CT molecular complexity index is 106. The Hall–Kier alpha value is 0.280. The summed E-state index contributed by atoms with van der Waals surface area (Å²) in [4.78, 5) is 9.13. The van der Waals surface area contributed by atoms with Crippen LogP contribution in [0.1, 0.15) is 0 Å². The average Bonchev–Trinajstić information content (AvgIpc) is 1.30. The molecule has 0 aliphatic carbocycles. The summed E-state index contributed by atoms with van der Waals surface area (Å²) in [5.74, 6) is 0. The standard InChI is InChI=1S/CCl2O3P/c2-7(3,5)6-1-4. The van der Waals surface area contributed by atoms with Crippen molar-refractivity contribution in [1.29, 1.82) is 0 Å². The number of carbonyl (C=O) groups excluding carboxylic acids is 1. The summed E-state index contributed by atoms with van der Waals surface area (Å²) < 4.78 is 13.4. The van der Waals surface area contributed by atoms with Crippen LogP contribution in [0.25, 0.3) is 0 Å². The Morgan fingerprint density at radius 1 is 1.57 bits per heavy atom. The molecular formula is CCl2O3P. The van der Waals surface area contributed by atoms with Gasteiger partial charge in [-0.15, -0.1) is 0 Å². The van der Waals surface area contributed by atoms with Gasteiger partial charge in [0.05, 0.1) is 0 Å². The van der Waals surface area contributed by atoms with Gasteiger partial charge in [-0.3, -0.25) is 0 Å². The summed E-state index contributed by atoms with van der Waals surface area (Å²) in [6.07, 6.45) is -3.64. The van der Waals surface area contributed by atoms with Crippen molar-refractivity contribution >= 4 is 35.0 Å². The minimum atomic E-state index is -3.64.